The Hall–Kier alpha value is -2.71. The number of rotatable bonds is 4. The smallest absolute Gasteiger partial charge is 0.408 e. The van der Waals surface area contributed by atoms with E-state index < -0.39 is 34.2 Å². The number of aromatic nitrogens is 1. The number of ether oxygens (including phenoxy) is 2. The zero-order valence-electron chi connectivity index (χ0n) is 15.2. The molecule has 9 nitrogen and oxygen atoms in total. The number of alkyl carbamates (subject to hydrolysis) is 1. The lowest BCUT2D eigenvalue weighted by atomic mass is 10.1. The lowest BCUT2D eigenvalue weighted by Crippen LogP contribution is -2.40. The van der Waals surface area contributed by atoms with Crippen LogP contribution in [0.5, 0.6) is 0 Å². The minimum absolute atomic E-state index is 0.241. The highest BCUT2D eigenvalue weighted by Gasteiger charge is 2.31. The zero-order valence-corrected chi connectivity index (χ0v) is 15.2. The Morgan fingerprint density at radius 2 is 1.68 bits per heavy atom. The first kappa shape index (κ1) is 20.3. The Morgan fingerprint density at radius 1 is 1.12 bits per heavy atom. The molecule has 1 heterocycles. The third kappa shape index (κ3) is 7.15. The first-order valence-corrected chi connectivity index (χ1v) is 7.61. The highest BCUT2D eigenvalue weighted by atomic mass is 16.6. The molecule has 0 aliphatic carbocycles. The highest BCUT2D eigenvalue weighted by molar-refractivity contribution is 5.83. The van der Waals surface area contributed by atoms with E-state index in [1.54, 1.807) is 41.5 Å². The quantitative estimate of drug-likeness (QED) is 0.502. The van der Waals surface area contributed by atoms with Crippen molar-refractivity contribution in [2.45, 2.75) is 58.8 Å². The Kier molecular flexibility index (Phi) is 6.06. The van der Waals surface area contributed by atoms with E-state index in [4.69, 9.17) is 9.47 Å². The van der Waals surface area contributed by atoms with Crippen LogP contribution in [0.15, 0.2) is 18.3 Å². The predicted molar refractivity (Wildman–Crippen MR) is 88.8 cm³/mol. The van der Waals surface area contributed by atoms with Crippen molar-refractivity contribution in [3.05, 3.63) is 34.0 Å². The van der Waals surface area contributed by atoms with Gasteiger partial charge < -0.3 is 24.9 Å². The van der Waals surface area contributed by atoms with Crippen LogP contribution in [-0.4, -0.2) is 33.2 Å². The molecule has 1 aromatic heterocycles. The summed E-state index contributed by atoms with van der Waals surface area (Å²) in [6, 6.07) is 1.27. The molecular formula is C16H23N3O6. The monoisotopic (exact) mass is 353 g/mol. The SMILES string of the molecule is CC(C)(C)OC(=O)NC(C(=O)OC(C)(C)C)c1ccc([N+](=O)[O-])nc1. The first-order chi connectivity index (χ1) is 11.3. The fraction of sp³-hybridized carbons (Fsp3) is 0.562. The summed E-state index contributed by atoms with van der Waals surface area (Å²) in [5, 5.41) is 13.1. The van der Waals surface area contributed by atoms with Crippen molar-refractivity contribution in [1.29, 1.82) is 0 Å². The topological polar surface area (TPSA) is 121 Å². The Bertz CT molecular complexity index is 643. The van der Waals surface area contributed by atoms with E-state index in [-0.39, 0.29) is 11.4 Å². The van der Waals surface area contributed by atoms with Crippen LogP contribution < -0.4 is 5.32 Å². The number of hydrogen-bond acceptors (Lipinski definition) is 7. The molecule has 0 spiro atoms. The van der Waals surface area contributed by atoms with Crippen LogP contribution >= 0.6 is 0 Å². The fourth-order valence-corrected chi connectivity index (χ4v) is 1.74. The number of carbonyl (C=O) groups excluding carboxylic acids is 2. The third-order valence-electron chi connectivity index (χ3n) is 2.59. The average Bonchev–Trinajstić information content (AvgIpc) is 2.41. The normalized spacial score (nSPS) is 12.9. The van der Waals surface area contributed by atoms with E-state index in [0.29, 0.717) is 0 Å². The summed E-state index contributed by atoms with van der Waals surface area (Å²) in [5.41, 5.74) is -1.29. The van der Waals surface area contributed by atoms with Crippen molar-refractivity contribution >= 4 is 17.9 Å². The van der Waals surface area contributed by atoms with Crippen LogP contribution in [-0.2, 0) is 14.3 Å². The summed E-state index contributed by atoms with van der Waals surface area (Å²) < 4.78 is 10.4. The van der Waals surface area contributed by atoms with Crippen LogP contribution in [0, 0.1) is 10.1 Å². The molecule has 1 rings (SSSR count). The molecule has 0 fully saturated rings. The molecule has 138 valence electrons. The summed E-state index contributed by atoms with van der Waals surface area (Å²) in [6.45, 7) is 10.1. The summed E-state index contributed by atoms with van der Waals surface area (Å²) in [5.74, 6) is -1.10. The molecule has 1 amide bonds. The van der Waals surface area contributed by atoms with Gasteiger partial charge in [-0.1, -0.05) is 0 Å². The van der Waals surface area contributed by atoms with Crippen molar-refractivity contribution in [2.24, 2.45) is 0 Å². The Balaban J connectivity index is 3.08. The molecule has 1 unspecified atom stereocenters. The number of esters is 1. The largest absolute Gasteiger partial charge is 0.458 e. The lowest BCUT2D eigenvalue weighted by molar-refractivity contribution is -0.389. The zero-order chi connectivity index (χ0) is 19.4. The summed E-state index contributed by atoms with van der Waals surface area (Å²) in [6.07, 6.45) is 0.325. The molecule has 0 bridgehead atoms. The van der Waals surface area contributed by atoms with Crippen LogP contribution in [0.3, 0.4) is 0 Å². The summed E-state index contributed by atoms with van der Waals surface area (Å²) in [4.78, 5) is 38.1. The molecule has 0 saturated heterocycles. The second-order valence-corrected chi connectivity index (χ2v) is 7.32. The molecular weight excluding hydrogens is 330 g/mol. The molecule has 0 aromatic carbocycles. The number of amides is 1. The van der Waals surface area contributed by atoms with Gasteiger partial charge in [0.1, 0.15) is 17.4 Å². The second kappa shape index (κ2) is 7.45. The van der Waals surface area contributed by atoms with Crippen LogP contribution in [0.1, 0.15) is 53.1 Å². The lowest BCUT2D eigenvalue weighted by Gasteiger charge is -2.26. The minimum Gasteiger partial charge on any atom is -0.458 e. The van der Waals surface area contributed by atoms with Gasteiger partial charge in [-0.05, 0) is 57.5 Å². The van der Waals surface area contributed by atoms with Gasteiger partial charge >= 0.3 is 17.9 Å². The maximum Gasteiger partial charge on any atom is 0.408 e. The van der Waals surface area contributed by atoms with Gasteiger partial charge in [0.25, 0.3) is 0 Å². The number of hydrogen-bond donors (Lipinski definition) is 1. The van der Waals surface area contributed by atoms with Crippen molar-refractivity contribution in [2.75, 3.05) is 0 Å². The van der Waals surface area contributed by atoms with Gasteiger partial charge in [0.05, 0.1) is 0 Å². The standard InChI is InChI=1S/C16H23N3O6/c1-15(2,3)24-13(20)12(18-14(21)25-16(4,5)6)10-7-8-11(17-9-10)19(22)23/h7-9,12H,1-6H3,(H,18,21). The molecule has 0 aliphatic rings. The molecule has 9 heteroatoms. The van der Waals surface area contributed by atoms with Crippen molar-refractivity contribution in [3.63, 3.8) is 0 Å². The highest BCUT2D eigenvalue weighted by Crippen LogP contribution is 2.20. The van der Waals surface area contributed by atoms with E-state index >= 15 is 0 Å². The Morgan fingerprint density at radius 3 is 2.08 bits per heavy atom. The number of pyridine rings is 1. The van der Waals surface area contributed by atoms with Gasteiger partial charge in [-0.25, -0.2) is 9.59 Å². The first-order valence-electron chi connectivity index (χ1n) is 7.61. The van der Waals surface area contributed by atoms with E-state index in [1.165, 1.54) is 6.07 Å². The number of nitrogens with zero attached hydrogens (tertiary/aromatic N) is 2. The summed E-state index contributed by atoms with van der Waals surface area (Å²) in [7, 11) is 0. The third-order valence-corrected chi connectivity index (χ3v) is 2.59. The fourth-order valence-electron chi connectivity index (χ4n) is 1.74. The van der Waals surface area contributed by atoms with Gasteiger partial charge in [0.2, 0.25) is 0 Å². The molecule has 0 saturated carbocycles. The van der Waals surface area contributed by atoms with E-state index in [1.807, 2.05) is 0 Å². The minimum atomic E-state index is -1.21. The van der Waals surface area contributed by atoms with E-state index in [2.05, 4.69) is 10.3 Å². The van der Waals surface area contributed by atoms with Crippen molar-refractivity contribution in [3.8, 4) is 0 Å². The molecule has 0 radical (unpaired) electrons. The second-order valence-electron chi connectivity index (χ2n) is 7.32. The van der Waals surface area contributed by atoms with E-state index in [0.717, 1.165) is 12.3 Å². The molecule has 0 aliphatic heterocycles. The predicted octanol–water partition coefficient (Wildman–Crippen LogP) is 2.90. The van der Waals surface area contributed by atoms with Crippen molar-refractivity contribution in [1.82, 2.24) is 10.3 Å². The van der Waals surface area contributed by atoms with Gasteiger partial charge in [0.15, 0.2) is 6.04 Å². The van der Waals surface area contributed by atoms with Gasteiger partial charge in [0, 0.05) is 11.6 Å². The van der Waals surface area contributed by atoms with Crippen LogP contribution in [0.4, 0.5) is 10.6 Å². The van der Waals surface area contributed by atoms with Crippen molar-refractivity contribution < 1.29 is 24.0 Å². The molecule has 1 N–H and O–H groups in total. The number of carbonyl (C=O) groups is 2. The maximum atomic E-state index is 12.4. The molecule has 1 aromatic rings. The van der Waals surface area contributed by atoms with Crippen LogP contribution in [0.25, 0.3) is 0 Å². The summed E-state index contributed by atoms with van der Waals surface area (Å²) >= 11 is 0. The van der Waals surface area contributed by atoms with Gasteiger partial charge in [-0.3, -0.25) is 0 Å². The Labute approximate surface area is 145 Å². The maximum absolute atomic E-state index is 12.4. The number of nitrogens with one attached hydrogen (secondary N) is 1. The number of nitro groups is 1. The molecule has 1 atom stereocenters. The van der Waals surface area contributed by atoms with Crippen LogP contribution in [0.2, 0.25) is 0 Å². The molecule has 25 heavy (non-hydrogen) atoms. The van der Waals surface area contributed by atoms with E-state index in [9.17, 15) is 19.7 Å². The average molecular weight is 353 g/mol. The van der Waals surface area contributed by atoms with Gasteiger partial charge in [-0.15, -0.1) is 0 Å². The van der Waals surface area contributed by atoms with Gasteiger partial charge in [-0.2, -0.15) is 0 Å².